The number of carbonyl (C=O) groups excluding carboxylic acids is 1. The highest BCUT2D eigenvalue weighted by atomic mass is 79.9. The zero-order valence-electron chi connectivity index (χ0n) is 9.63. The fraction of sp³-hybridized carbons (Fsp3) is 0.0833. The molecule has 0 unspecified atom stereocenters. The van der Waals surface area contributed by atoms with Crippen molar-refractivity contribution in [3.05, 3.63) is 60.7 Å². The summed E-state index contributed by atoms with van der Waals surface area (Å²) in [7, 11) is 0. The van der Waals surface area contributed by atoms with E-state index in [1.807, 2.05) is 0 Å². The number of amides is 1. The third-order valence-electron chi connectivity index (χ3n) is 2.37. The normalized spacial score (nSPS) is 10.2. The second-order valence-electron chi connectivity index (χ2n) is 3.71. The molecule has 1 heterocycles. The van der Waals surface area contributed by atoms with Crippen molar-refractivity contribution in [3.8, 4) is 0 Å². The number of nitrogens with zero attached hydrogens (tertiary/aromatic N) is 1. The number of carbonyl (C=O) groups is 1. The van der Waals surface area contributed by atoms with Crippen molar-refractivity contribution in [2.75, 3.05) is 0 Å². The molecule has 0 aliphatic rings. The van der Waals surface area contributed by atoms with E-state index in [-0.39, 0.29) is 18.1 Å². The molecule has 1 aromatic carbocycles. The Labute approximate surface area is 121 Å². The van der Waals surface area contributed by atoms with Gasteiger partial charge in [0.05, 0.1) is 13.6 Å². The second-order valence-corrected chi connectivity index (χ2v) is 6.18. The van der Waals surface area contributed by atoms with E-state index in [9.17, 15) is 14.9 Å². The number of benzene rings is 1. The first kappa shape index (κ1) is 13.7. The van der Waals surface area contributed by atoms with E-state index in [1.54, 1.807) is 24.3 Å². The van der Waals surface area contributed by atoms with Crippen LogP contribution in [0.2, 0.25) is 0 Å². The van der Waals surface area contributed by atoms with Gasteiger partial charge < -0.3 is 5.32 Å². The van der Waals surface area contributed by atoms with Gasteiger partial charge in [-0.1, -0.05) is 12.1 Å². The standard InChI is InChI=1S/C12H9BrN2O3S/c13-11-5-4-10(19-11)12(16)14-7-8-2-1-3-9(6-8)15(17)18/h1-6H,7H2,(H,14,16). The summed E-state index contributed by atoms with van der Waals surface area (Å²) in [6.07, 6.45) is 0. The van der Waals surface area contributed by atoms with Gasteiger partial charge in [-0.3, -0.25) is 14.9 Å². The van der Waals surface area contributed by atoms with Gasteiger partial charge in [-0.25, -0.2) is 0 Å². The molecule has 2 rings (SSSR count). The number of thiophene rings is 1. The minimum atomic E-state index is -0.457. The first-order valence-electron chi connectivity index (χ1n) is 5.33. The first-order chi connectivity index (χ1) is 9.06. The van der Waals surface area contributed by atoms with Crippen LogP contribution in [0, 0.1) is 10.1 Å². The van der Waals surface area contributed by atoms with Crippen LogP contribution in [0.3, 0.4) is 0 Å². The Bertz CT molecular complexity index is 627. The molecule has 1 N–H and O–H groups in total. The van der Waals surface area contributed by atoms with Crippen LogP contribution in [-0.4, -0.2) is 10.8 Å². The number of hydrogen-bond acceptors (Lipinski definition) is 4. The summed E-state index contributed by atoms with van der Waals surface area (Å²) >= 11 is 4.62. The van der Waals surface area contributed by atoms with Crippen molar-refractivity contribution in [2.24, 2.45) is 0 Å². The minimum absolute atomic E-state index is 0.0191. The average molecular weight is 341 g/mol. The van der Waals surface area contributed by atoms with E-state index in [2.05, 4.69) is 21.2 Å². The van der Waals surface area contributed by atoms with Crippen LogP contribution >= 0.6 is 27.3 Å². The van der Waals surface area contributed by atoms with Gasteiger partial charge in [0, 0.05) is 18.7 Å². The van der Waals surface area contributed by atoms with Crippen molar-refractivity contribution in [2.45, 2.75) is 6.54 Å². The van der Waals surface area contributed by atoms with E-state index in [4.69, 9.17) is 0 Å². The second kappa shape index (κ2) is 5.94. The maximum Gasteiger partial charge on any atom is 0.269 e. The maximum atomic E-state index is 11.8. The molecule has 7 heteroatoms. The lowest BCUT2D eigenvalue weighted by Crippen LogP contribution is -2.21. The van der Waals surface area contributed by atoms with Crippen LogP contribution in [0.5, 0.6) is 0 Å². The topological polar surface area (TPSA) is 72.2 Å². The molecular formula is C12H9BrN2O3S. The minimum Gasteiger partial charge on any atom is -0.347 e. The summed E-state index contributed by atoms with van der Waals surface area (Å²) in [6.45, 7) is 0.260. The summed E-state index contributed by atoms with van der Waals surface area (Å²) in [5, 5.41) is 13.4. The quantitative estimate of drug-likeness (QED) is 0.685. The lowest BCUT2D eigenvalue weighted by Gasteiger charge is -2.03. The molecule has 0 bridgehead atoms. The predicted molar refractivity (Wildman–Crippen MR) is 76.3 cm³/mol. The molecule has 1 amide bonds. The monoisotopic (exact) mass is 340 g/mol. The van der Waals surface area contributed by atoms with Crippen molar-refractivity contribution in [1.82, 2.24) is 5.32 Å². The molecule has 0 atom stereocenters. The van der Waals surface area contributed by atoms with Gasteiger partial charge in [-0.05, 0) is 33.6 Å². The van der Waals surface area contributed by atoms with Gasteiger partial charge in [-0.15, -0.1) is 11.3 Å². The molecule has 0 saturated carbocycles. The molecule has 0 fully saturated rings. The van der Waals surface area contributed by atoms with Gasteiger partial charge in [0.2, 0.25) is 0 Å². The Hall–Kier alpha value is -1.73. The van der Waals surface area contributed by atoms with Crippen LogP contribution in [0.4, 0.5) is 5.69 Å². The number of non-ortho nitro benzene ring substituents is 1. The number of rotatable bonds is 4. The molecule has 5 nitrogen and oxygen atoms in total. The number of halogens is 1. The average Bonchev–Trinajstić information content (AvgIpc) is 2.83. The van der Waals surface area contributed by atoms with Crippen molar-refractivity contribution < 1.29 is 9.72 Å². The molecule has 0 aliphatic heterocycles. The molecular weight excluding hydrogens is 332 g/mol. The van der Waals surface area contributed by atoms with Gasteiger partial charge in [0.15, 0.2) is 0 Å². The largest absolute Gasteiger partial charge is 0.347 e. The smallest absolute Gasteiger partial charge is 0.269 e. The van der Waals surface area contributed by atoms with Crippen LogP contribution < -0.4 is 5.32 Å². The SMILES string of the molecule is O=C(NCc1cccc([N+](=O)[O-])c1)c1ccc(Br)s1. The summed E-state index contributed by atoms with van der Waals surface area (Å²) in [5.41, 5.74) is 0.712. The van der Waals surface area contributed by atoms with E-state index >= 15 is 0 Å². The fourth-order valence-corrected chi connectivity index (χ4v) is 2.79. The van der Waals surface area contributed by atoms with Gasteiger partial charge >= 0.3 is 0 Å². The van der Waals surface area contributed by atoms with Crippen LogP contribution in [0.25, 0.3) is 0 Å². The Balaban J connectivity index is 2.01. The molecule has 19 heavy (non-hydrogen) atoms. The van der Waals surface area contributed by atoms with E-state index in [0.29, 0.717) is 10.4 Å². The highest BCUT2D eigenvalue weighted by molar-refractivity contribution is 9.11. The Kier molecular flexibility index (Phi) is 4.28. The highest BCUT2D eigenvalue weighted by Gasteiger charge is 2.09. The van der Waals surface area contributed by atoms with Crippen LogP contribution in [-0.2, 0) is 6.54 Å². The van der Waals surface area contributed by atoms with Gasteiger partial charge in [0.25, 0.3) is 11.6 Å². The summed E-state index contributed by atoms with van der Waals surface area (Å²) in [6, 6.07) is 9.72. The van der Waals surface area contributed by atoms with Gasteiger partial charge in [0.1, 0.15) is 0 Å². The fourth-order valence-electron chi connectivity index (χ4n) is 1.49. The molecule has 98 valence electrons. The summed E-state index contributed by atoms with van der Waals surface area (Å²) in [4.78, 5) is 22.6. The van der Waals surface area contributed by atoms with Crippen molar-refractivity contribution in [1.29, 1.82) is 0 Å². The van der Waals surface area contributed by atoms with Gasteiger partial charge in [-0.2, -0.15) is 0 Å². The third-order valence-corrected chi connectivity index (χ3v) is 3.99. The number of hydrogen-bond donors (Lipinski definition) is 1. The highest BCUT2D eigenvalue weighted by Crippen LogP contribution is 2.22. The Morgan fingerprint density at radius 2 is 2.16 bits per heavy atom. The molecule has 0 radical (unpaired) electrons. The molecule has 1 aromatic heterocycles. The molecule has 0 saturated heterocycles. The van der Waals surface area contributed by atoms with E-state index in [0.717, 1.165) is 3.79 Å². The molecule has 0 spiro atoms. The summed E-state index contributed by atoms with van der Waals surface area (Å²) < 4.78 is 0.882. The number of nitrogens with one attached hydrogen (secondary N) is 1. The summed E-state index contributed by atoms with van der Waals surface area (Å²) in [5.74, 6) is -0.192. The predicted octanol–water partition coefficient (Wildman–Crippen LogP) is 3.35. The lowest BCUT2D eigenvalue weighted by atomic mass is 10.2. The van der Waals surface area contributed by atoms with Crippen molar-refractivity contribution >= 4 is 38.9 Å². The molecule has 2 aromatic rings. The zero-order valence-corrected chi connectivity index (χ0v) is 12.0. The maximum absolute atomic E-state index is 11.8. The lowest BCUT2D eigenvalue weighted by molar-refractivity contribution is -0.384. The third kappa shape index (κ3) is 3.62. The van der Waals surface area contributed by atoms with Crippen molar-refractivity contribution in [3.63, 3.8) is 0 Å². The number of nitro groups is 1. The Morgan fingerprint density at radius 1 is 1.37 bits per heavy atom. The van der Waals surface area contributed by atoms with E-state index in [1.165, 1.54) is 23.5 Å². The van der Waals surface area contributed by atoms with Crippen LogP contribution in [0.15, 0.2) is 40.2 Å². The molecule has 0 aliphatic carbocycles. The van der Waals surface area contributed by atoms with E-state index < -0.39 is 4.92 Å². The number of nitro benzene ring substituents is 1. The van der Waals surface area contributed by atoms with Crippen LogP contribution in [0.1, 0.15) is 15.2 Å². The Morgan fingerprint density at radius 3 is 2.79 bits per heavy atom. The zero-order chi connectivity index (χ0) is 13.8. The first-order valence-corrected chi connectivity index (χ1v) is 6.94.